The summed E-state index contributed by atoms with van der Waals surface area (Å²) in [6, 6.07) is 3.15. The number of carbonyl (C=O) groups excluding carboxylic acids is 1. The zero-order valence-electron chi connectivity index (χ0n) is 10.2. The van der Waals surface area contributed by atoms with E-state index in [1.54, 1.807) is 0 Å². The zero-order chi connectivity index (χ0) is 13.0. The second-order valence-corrected chi connectivity index (χ2v) is 4.86. The van der Waals surface area contributed by atoms with Gasteiger partial charge in [-0.3, -0.25) is 4.79 Å². The summed E-state index contributed by atoms with van der Waals surface area (Å²) in [5, 5.41) is 2.48. The van der Waals surface area contributed by atoms with Gasteiger partial charge < -0.3 is 5.32 Å². The number of carbonyl (C=O) groups is 1. The summed E-state index contributed by atoms with van der Waals surface area (Å²) < 4.78 is 26.0. The van der Waals surface area contributed by atoms with Gasteiger partial charge in [-0.05, 0) is 24.5 Å². The first-order valence-electron chi connectivity index (χ1n) is 6.40. The second-order valence-electron chi connectivity index (χ2n) is 4.86. The highest BCUT2D eigenvalue weighted by atomic mass is 19.1. The second kappa shape index (κ2) is 5.94. The fraction of sp³-hybridized carbons (Fsp3) is 0.500. The van der Waals surface area contributed by atoms with E-state index in [0.29, 0.717) is 12.3 Å². The van der Waals surface area contributed by atoms with Gasteiger partial charge >= 0.3 is 0 Å². The maximum Gasteiger partial charge on any atom is 0.224 e. The number of hydrogen-bond donors (Lipinski definition) is 1. The maximum absolute atomic E-state index is 13.3. The quantitative estimate of drug-likeness (QED) is 0.867. The predicted octanol–water partition coefficient (Wildman–Crippen LogP) is 3.87. The van der Waals surface area contributed by atoms with Crippen molar-refractivity contribution in [3.05, 3.63) is 29.8 Å². The minimum atomic E-state index is -0.732. The van der Waals surface area contributed by atoms with Crippen molar-refractivity contribution < 1.29 is 13.6 Å². The van der Waals surface area contributed by atoms with Crippen LogP contribution in [0, 0.1) is 17.6 Å². The van der Waals surface area contributed by atoms with E-state index in [0.717, 1.165) is 18.6 Å². The largest absolute Gasteiger partial charge is 0.324 e. The topological polar surface area (TPSA) is 29.1 Å². The molecule has 1 saturated carbocycles. The highest BCUT2D eigenvalue weighted by Gasteiger charge is 2.16. The molecule has 0 atom stereocenters. The lowest BCUT2D eigenvalue weighted by Gasteiger charge is -2.09. The van der Waals surface area contributed by atoms with Gasteiger partial charge in [0.05, 0.1) is 5.69 Å². The van der Waals surface area contributed by atoms with E-state index in [1.807, 2.05) is 0 Å². The lowest BCUT2D eigenvalue weighted by atomic mass is 10.0. The molecule has 1 aromatic carbocycles. The normalized spacial score (nSPS) is 15.9. The van der Waals surface area contributed by atoms with Crippen molar-refractivity contribution in [1.82, 2.24) is 0 Å². The Morgan fingerprint density at radius 1 is 1.28 bits per heavy atom. The number of anilines is 1. The van der Waals surface area contributed by atoms with Crippen LogP contribution in [0.25, 0.3) is 0 Å². The monoisotopic (exact) mass is 253 g/mol. The van der Waals surface area contributed by atoms with Crippen molar-refractivity contribution >= 4 is 11.6 Å². The molecule has 0 heterocycles. The van der Waals surface area contributed by atoms with Crippen molar-refractivity contribution in [2.24, 2.45) is 5.92 Å². The smallest absolute Gasteiger partial charge is 0.224 e. The highest BCUT2D eigenvalue weighted by Crippen LogP contribution is 2.28. The third-order valence-electron chi connectivity index (χ3n) is 3.46. The van der Waals surface area contributed by atoms with Crippen LogP contribution in [0.15, 0.2) is 18.2 Å². The third kappa shape index (κ3) is 3.52. The molecule has 1 aliphatic carbocycles. The molecule has 18 heavy (non-hydrogen) atoms. The number of hydrogen-bond acceptors (Lipinski definition) is 1. The van der Waals surface area contributed by atoms with Gasteiger partial charge in [-0.2, -0.15) is 0 Å². The Bertz CT molecular complexity index is 428. The molecule has 1 fully saturated rings. The van der Waals surface area contributed by atoms with E-state index in [9.17, 15) is 13.6 Å². The van der Waals surface area contributed by atoms with E-state index in [4.69, 9.17) is 0 Å². The average Bonchev–Trinajstić information content (AvgIpc) is 2.83. The summed E-state index contributed by atoms with van der Waals surface area (Å²) in [6.07, 6.45) is 6.14. The van der Waals surface area contributed by atoms with Crippen LogP contribution in [-0.4, -0.2) is 5.91 Å². The van der Waals surface area contributed by atoms with E-state index in [1.165, 1.54) is 31.7 Å². The average molecular weight is 253 g/mol. The molecular weight excluding hydrogens is 236 g/mol. The van der Waals surface area contributed by atoms with Gasteiger partial charge in [0.25, 0.3) is 0 Å². The summed E-state index contributed by atoms with van der Waals surface area (Å²) in [4.78, 5) is 11.6. The van der Waals surface area contributed by atoms with Crippen LogP contribution in [0.3, 0.4) is 0 Å². The van der Waals surface area contributed by atoms with Gasteiger partial charge in [0, 0.05) is 12.5 Å². The summed E-state index contributed by atoms with van der Waals surface area (Å²) >= 11 is 0. The molecule has 2 nitrogen and oxygen atoms in total. The third-order valence-corrected chi connectivity index (χ3v) is 3.46. The molecule has 0 bridgehead atoms. The van der Waals surface area contributed by atoms with Crippen LogP contribution in [0.2, 0.25) is 0 Å². The minimum Gasteiger partial charge on any atom is -0.324 e. The van der Waals surface area contributed by atoms with Gasteiger partial charge in [0.1, 0.15) is 11.6 Å². The first kappa shape index (κ1) is 13.0. The van der Waals surface area contributed by atoms with Gasteiger partial charge in [-0.15, -0.1) is 0 Å². The summed E-state index contributed by atoms with van der Waals surface area (Å²) in [7, 11) is 0. The van der Waals surface area contributed by atoms with Gasteiger partial charge in [0.2, 0.25) is 5.91 Å². The lowest BCUT2D eigenvalue weighted by molar-refractivity contribution is -0.116. The van der Waals surface area contributed by atoms with Crippen molar-refractivity contribution in [3.63, 3.8) is 0 Å². The Morgan fingerprint density at radius 3 is 2.67 bits per heavy atom. The van der Waals surface area contributed by atoms with Crippen LogP contribution in [0.1, 0.15) is 38.5 Å². The Morgan fingerprint density at radius 2 is 2.00 bits per heavy atom. The fourth-order valence-corrected chi connectivity index (χ4v) is 2.44. The van der Waals surface area contributed by atoms with Crippen LogP contribution in [0.4, 0.5) is 14.5 Å². The molecule has 4 heteroatoms. The summed E-state index contributed by atoms with van der Waals surface area (Å²) in [5.74, 6) is -0.943. The summed E-state index contributed by atoms with van der Waals surface area (Å²) in [6.45, 7) is 0. The number of nitrogens with one attached hydrogen (secondary N) is 1. The van der Waals surface area contributed by atoms with Crippen molar-refractivity contribution in [1.29, 1.82) is 0 Å². The zero-order valence-corrected chi connectivity index (χ0v) is 10.2. The highest BCUT2D eigenvalue weighted by molar-refractivity contribution is 5.90. The van der Waals surface area contributed by atoms with Crippen molar-refractivity contribution in [2.75, 3.05) is 5.32 Å². The minimum absolute atomic E-state index is 0.0489. The molecular formula is C14H17F2NO. The SMILES string of the molecule is O=C(CCC1CCCC1)Nc1ccc(F)cc1F. The first-order valence-corrected chi connectivity index (χ1v) is 6.40. The molecule has 0 radical (unpaired) electrons. The van der Waals surface area contributed by atoms with E-state index in [-0.39, 0.29) is 11.6 Å². The molecule has 0 unspecified atom stereocenters. The van der Waals surface area contributed by atoms with Crippen molar-refractivity contribution in [2.45, 2.75) is 38.5 Å². The lowest BCUT2D eigenvalue weighted by Crippen LogP contribution is -2.13. The van der Waals surface area contributed by atoms with Crippen LogP contribution in [0.5, 0.6) is 0 Å². The Hall–Kier alpha value is -1.45. The fourth-order valence-electron chi connectivity index (χ4n) is 2.44. The molecule has 0 saturated heterocycles. The van der Waals surface area contributed by atoms with E-state index >= 15 is 0 Å². The van der Waals surface area contributed by atoms with E-state index in [2.05, 4.69) is 5.32 Å². The standard InChI is InChI=1S/C14H17F2NO/c15-11-6-7-13(12(16)9-11)17-14(18)8-5-10-3-1-2-4-10/h6-7,9-10H,1-5,8H2,(H,17,18). The molecule has 1 amide bonds. The molecule has 0 aliphatic heterocycles. The van der Waals surface area contributed by atoms with Crippen LogP contribution >= 0.6 is 0 Å². The van der Waals surface area contributed by atoms with Crippen LogP contribution < -0.4 is 5.32 Å². The molecule has 98 valence electrons. The van der Waals surface area contributed by atoms with Crippen LogP contribution in [-0.2, 0) is 4.79 Å². The van der Waals surface area contributed by atoms with Gasteiger partial charge in [-0.1, -0.05) is 25.7 Å². The number of benzene rings is 1. The molecule has 1 N–H and O–H groups in total. The molecule has 1 aromatic rings. The first-order chi connectivity index (χ1) is 8.65. The maximum atomic E-state index is 13.3. The Labute approximate surface area is 105 Å². The van der Waals surface area contributed by atoms with Gasteiger partial charge in [-0.25, -0.2) is 8.78 Å². The predicted molar refractivity (Wildman–Crippen MR) is 66.2 cm³/mol. The Kier molecular flexibility index (Phi) is 4.28. The Balaban J connectivity index is 1.82. The molecule has 0 aromatic heterocycles. The molecule has 1 aliphatic rings. The number of rotatable bonds is 4. The van der Waals surface area contributed by atoms with Crippen molar-refractivity contribution in [3.8, 4) is 0 Å². The number of halogens is 2. The number of amides is 1. The molecule has 2 rings (SSSR count). The van der Waals surface area contributed by atoms with E-state index < -0.39 is 11.6 Å². The molecule has 0 spiro atoms. The van der Waals surface area contributed by atoms with Gasteiger partial charge in [0.15, 0.2) is 0 Å². The summed E-state index contributed by atoms with van der Waals surface area (Å²) in [5.41, 5.74) is 0.0489.